The van der Waals surface area contributed by atoms with Gasteiger partial charge in [0.05, 0.1) is 0 Å². The Bertz CT molecular complexity index is 494. The Balaban J connectivity index is 2.22. The lowest BCUT2D eigenvalue weighted by atomic mass is 9.88. The molecule has 1 aliphatic heterocycles. The minimum Gasteiger partial charge on any atom is -0.480 e. The minimum absolute atomic E-state index is 0.296. The van der Waals surface area contributed by atoms with Crippen LogP contribution in [0.4, 0.5) is 4.39 Å². The van der Waals surface area contributed by atoms with Gasteiger partial charge >= 0.3 is 5.97 Å². The first-order valence-corrected chi connectivity index (χ1v) is 7.15. The topological polar surface area (TPSA) is 40.5 Å². The zero-order valence-electron chi connectivity index (χ0n) is 10.8. The van der Waals surface area contributed by atoms with Crippen molar-refractivity contribution in [3.63, 3.8) is 0 Å². The number of carbonyl (C=O) groups is 1. The van der Waals surface area contributed by atoms with E-state index in [0.29, 0.717) is 17.4 Å². The Kier molecular flexibility index (Phi) is 4.26. The lowest BCUT2D eigenvalue weighted by molar-refractivity contribution is -0.153. The van der Waals surface area contributed by atoms with Gasteiger partial charge in [-0.3, -0.25) is 9.69 Å². The van der Waals surface area contributed by atoms with Gasteiger partial charge in [0.1, 0.15) is 11.4 Å². The molecule has 0 amide bonds. The van der Waals surface area contributed by atoms with E-state index in [9.17, 15) is 14.3 Å². The average molecular weight is 330 g/mol. The van der Waals surface area contributed by atoms with Crippen LogP contribution in [0.1, 0.15) is 31.7 Å². The van der Waals surface area contributed by atoms with Gasteiger partial charge < -0.3 is 5.11 Å². The largest absolute Gasteiger partial charge is 0.480 e. The molecule has 0 saturated carbocycles. The molecule has 1 fully saturated rings. The molecule has 1 atom stereocenters. The van der Waals surface area contributed by atoms with E-state index in [4.69, 9.17) is 0 Å². The first-order chi connectivity index (χ1) is 8.93. The Hall–Kier alpha value is -0.940. The van der Waals surface area contributed by atoms with E-state index >= 15 is 0 Å². The van der Waals surface area contributed by atoms with Crippen LogP contribution in [-0.4, -0.2) is 28.1 Å². The normalized spacial score (nSPS) is 24.4. The van der Waals surface area contributed by atoms with Crippen LogP contribution >= 0.6 is 15.9 Å². The summed E-state index contributed by atoms with van der Waals surface area (Å²) in [4.78, 5) is 13.5. The molecule has 0 radical (unpaired) electrons. The number of nitrogens with zero attached hydrogens (tertiary/aromatic N) is 1. The van der Waals surface area contributed by atoms with Crippen LogP contribution in [0.3, 0.4) is 0 Å². The summed E-state index contributed by atoms with van der Waals surface area (Å²) in [5.74, 6) is -1.08. The maximum atomic E-state index is 13.1. The number of halogens is 2. The molecule has 104 valence electrons. The molecule has 0 bridgehead atoms. The van der Waals surface area contributed by atoms with Crippen LogP contribution in [-0.2, 0) is 11.3 Å². The first-order valence-electron chi connectivity index (χ1n) is 6.36. The van der Waals surface area contributed by atoms with Gasteiger partial charge in [-0.15, -0.1) is 0 Å². The Morgan fingerprint density at radius 3 is 2.89 bits per heavy atom. The van der Waals surface area contributed by atoms with E-state index < -0.39 is 11.5 Å². The van der Waals surface area contributed by atoms with Crippen molar-refractivity contribution in [3.8, 4) is 0 Å². The lowest BCUT2D eigenvalue weighted by Gasteiger charge is -2.41. The summed E-state index contributed by atoms with van der Waals surface area (Å²) in [5.41, 5.74) is 0.0854. The second-order valence-corrected chi connectivity index (χ2v) is 6.05. The van der Waals surface area contributed by atoms with Gasteiger partial charge in [0, 0.05) is 11.0 Å². The quantitative estimate of drug-likeness (QED) is 0.923. The number of piperidine rings is 1. The van der Waals surface area contributed by atoms with E-state index in [1.165, 1.54) is 12.1 Å². The van der Waals surface area contributed by atoms with Crippen LogP contribution in [0.5, 0.6) is 0 Å². The molecule has 2 rings (SSSR count). The molecular weight excluding hydrogens is 313 g/mol. The predicted octanol–water partition coefficient (Wildman–Crippen LogP) is 3.42. The van der Waals surface area contributed by atoms with Crippen molar-refractivity contribution in [2.24, 2.45) is 0 Å². The van der Waals surface area contributed by atoms with Gasteiger partial charge in [-0.05, 0) is 50.4 Å². The average Bonchev–Trinajstić information content (AvgIpc) is 2.35. The summed E-state index contributed by atoms with van der Waals surface area (Å²) < 4.78 is 13.8. The summed E-state index contributed by atoms with van der Waals surface area (Å²) in [5, 5.41) is 9.45. The zero-order chi connectivity index (χ0) is 14.0. The van der Waals surface area contributed by atoms with E-state index in [0.717, 1.165) is 24.9 Å². The minimum atomic E-state index is -0.827. The number of hydrogen-bond acceptors (Lipinski definition) is 2. The van der Waals surface area contributed by atoms with E-state index in [2.05, 4.69) is 15.9 Å². The third-order valence-electron chi connectivity index (χ3n) is 3.88. The molecular formula is C14H17BrFNO2. The molecule has 1 N–H and O–H groups in total. The van der Waals surface area contributed by atoms with Crippen LogP contribution < -0.4 is 0 Å². The Labute approximate surface area is 120 Å². The fraction of sp³-hybridized carbons (Fsp3) is 0.500. The molecule has 19 heavy (non-hydrogen) atoms. The summed E-state index contributed by atoms with van der Waals surface area (Å²) in [6, 6.07) is 4.52. The number of carboxylic acid groups (broad SMARTS) is 1. The number of carboxylic acids is 1. The van der Waals surface area contributed by atoms with Crippen LogP contribution in [0.15, 0.2) is 22.7 Å². The summed E-state index contributed by atoms with van der Waals surface area (Å²) in [6.07, 6.45) is 2.59. The van der Waals surface area contributed by atoms with Crippen molar-refractivity contribution in [2.75, 3.05) is 6.54 Å². The highest BCUT2D eigenvalue weighted by atomic mass is 79.9. The van der Waals surface area contributed by atoms with Gasteiger partial charge in [0.25, 0.3) is 0 Å². The van der Waals surface area contributed by atoms with E-state index in [-0.39, 0.29) is 5.82 Å². The van der Waals surface area contributed by atoms with Crippen LogP contribution in [0.2, 0.25) is 0 Å². The summed E-state index contributed by atoms with van der Waals surface area (Å²) in [6.45, 7) is 3.04. The van der Waals surface area contributed by atoms with Crippen LogP contribution in [0, 0.1) is 5.82 Å². The SMILES string of the molecule is CC1(C(=O)O)CCCCN1Cc1ccc(F)cc1Br. The molecule has 1 saturated heterocycles. The molecule has 1 unspecified atom stereocenters. The molecule has 1 aromatic rings. The molecule has 1 heterocycles. The third kappa shape index (κ3) is 2.98. The zero-order valence-corrected chi connectivity index (χ0v) is 12.4. The monoisotopic (exact) mass is 329 g/mol. The van der Waals surface area contributed by atoms with E-state index in [1.807, 2.05) is 4.90 Å². The van der Waals surface area contributed by atoms with Gasteiger partial charge in [-0.1, -0.05) is 22.0 Å². The fourth-order valence-corrected chi connectivity index (χ4v) is 3.00. The highest BCUT2D eigenvalue weighted by Gasteiger charge is 2.41. The molecule has 5 heteroatoms. The summed E-state index contributed by atoms with van der Waals surface area (Å²) >= 11 is 3.33. The maximum absolute atomic E-state index is 13.1. The lowest BCUT2D eigenvalue weighted by Crippen LogP contribution is -2.54. The van der Waals surface area contributed by atoms with Crippen molar-refractivity contribution < 1.29 is 14.3 Å². The van der Waals surface area contributed by atoms with Gasteiger partial charge in [0.15, 0.2) is 0 Å². The first kappa shape index (κ1) is 14.5. The second-order valence-electron chi connectivity index (χ2n) is 5.19. The highest BCUT2D eigenvalue weighted by molar-refractivity contribution is 9.10. The fourth-order valence-electron chi connectivity index (χ4n) is 2.53. The van der Waals surface area contributed by atoms with Crippen molar-refractivity contribution in [1.29, 1.82) is 0 Å². The van der Waals surface area contributed by atoms with Crippen LogP contribution in [0.25, 0.3) is 0 Å². The number of likely N-dealkylation sites (tertiary alicyclic amines) is 1. The second kappa shape index (κ2) is 5.59. The molecule has 1 aliphatic rings. The van der Waals surface area contributed by atoms with Gasteiger partial charge in [-0.2, -0.15) is 0 Å². The standard InChI is InChI=1S/C14H17BrFNO2/c1-14(13(18)19)6-2-3-7-17(14)9-10-4-5-11(16)8-12(10)15/h4-5,8H,2-3,6-7,9H2,1H3,(H,18,19). The van der Waals surface area contributed by atoms with Crippen molar-refractivity contribution in [3.05, 3.63) is 34.1 Å². The smallest absolute Gasteiger partial charge is 0.323 e. The predicted molar refractivity (Wildman–Crippen MR) is 74.4 cm³/mol. The van der Waals surface area contributed by atoms with Crippen molar-refractivity contribution in [1.82, 2.24) is 4.90 Å². The molecule has 3 nitrogen and oxygen atoms in total. The Morgan fingerprint density at radius 2 is 2.26 bits per heavy atom. The molecule has 0 aliphatic carbocycles. The third-order valence-corrected chi connectivity index (χ3v) is 4.61. The molecule has 0 spiro atoms. The van der Waals surface area contributed by atoms with Gasteiger partial charge in [-0.25, -0.2) is 4.39 Å². The number of hydrogen-bond donors (Lipinski definition) is 1. The van der Waals surface area contributed by atoms with E-state index in [1.54, 1.807) is 13.0 Å². The number of rotatable bonds is 3. The number of benzene rings is 1. The Morgan fingerprint density at radius 1 is 1.53 bits per heavy atom. The number of aliphatic carboxylic acids is 1. The maximum Gasteiger partial charge on any atom is 0.323 e. The highest BCUT2D eigenvalue weighted by Crippen LogP contribution is 2.31. The van der Waals surface area contributed by atoms with Gasteiger partial charge in [0.2, 0.25) is 0 Å². The molecule has 1 aromatic carbocycles. The summed E-state index contributed by atoms with van der Waals surface area (Å²) in [7, 11) is 0. The molecule has 0 aromatic heterocycles. The van der Waals surface area contributed by atoms with Crippen molar-refractivity contribution in [2.45, 2.75) is 38.3 Å². The van der Waals surface area contributed by atoms with Crippen molar-refractivity contribution >= 4 is 21.9 Å².